The minimum atomic E-state index is -1.74. The lowest BCUT2D eigenvalue weighted by molar-refractivity contribution is 0.588. The van der Waals surface area contributed by atoms with E-state index in [1.807, 2.05) is 0 Å². The maximum absolute atomic E-state index is 2.60. The van der Waals surface area contributed by atoms with Crippen molar-refractivity contribution in [1.82, 2.24) is 0 Å². The van der Waals surface area contributed by atoms with E-state index in [9.17, 15) is 0 Å². The van der Waals surface area contributed by atoms with E-state index in [0.29, 0.717) is 17.4 Å². The van der Waals surface area contributed by atoms with Gasteiger partial charge in [0, 0.05) is 5.54 Å². The summed E-state index contributed by atoms with van der Waals surface area (Å²) in [5.41, 5.74) is 14.0. The van der Waals surface area contributed by atoms with E-state index in [2.05, 4.69) is 124 Å². The third-order valence-electron chi connectivity index (χ3n) is 8.87. The van der Waals surface area contributed by atoms with Gasteiger partial charge in [0.15, 0.2) is 0 Å². The molecule has 180 valence electrons. The monoisotopic (exact) mass is 468 g/mol. The molecule has 0 bridgehead atoms. The van der Waals surface area contributed by atoms with Crippen LogP contribution in [0.5, 0.6) is 0 Å². The highest BCUT2D eigenvalue weighted by molar-refractivity contribution is 6.86. The average molecular weight is 469 g/mol. The van der Waals surface area contributed by atoms with Crippen molar-refractivity contribution < 1.29 is 0 Å². The maximum Gasteiger partial charge on any atom is 0.0880 e. The van der Waals surface area contributed by atoms with Crippen molar-refractivity contribution in [1.29, 1.82) is 0 Å². The Morgan fingerprint density at radius 3 is 2.12 bits per heavy atom. The molecule has 0 aliphatic heterocycles. The Kier molecular flexibility index (Phi) is 6.26. The molecule has 1 heteroatoms. The highest BCUT2D eigenvalue weighted by Gasteiger charge is 2.43. The fraction of sp³-hybridized carbons (Fsp3) is 0.455. The summed E-state index contributed by atoms with van der Waals surface area (Å²) in [5, 5.41) is 1.76. The van der Waals surface area contributed by atoms with Gasteiger partial charge in [-0.1, -0.05) is 120 Å². The zero-order valence-corrected chi connectivity index (χ0v) is 24.4. The second-order valence-corrected chi connectivity index (χ2v) is 17.2. The van der Waals surface area contributed by atoms with Gasteiger partial charge in [0.05, 0.1) is 8.07 Å². The molecule has 2 unspecified atom stereocenters. The molecule has 0 heterocycles. The Labute approximate surface area is 209 Å². The Bertz CT molecular complexity index is 1220. The highest BCUT2D eigenvalue weighted by Crippen LogP contribution is 2.50. The molecule has 0 spiro atoms. The van der Waals surface area contributed by atoms with Crippen molar-refractivity contribution in [2.75, 3.05) is 0 Å². The van der Waals surface area contributed by atoms with Crippen LogP contribution in [0.2, 0.25) is 13.1 Å². The molecule has 0 fully saturated rings. The Balaban J connectivity index is 1.82. The molecule has 0 saturated carbocycles. The third-order valence-corrected chi connectivity index (χ3v) is 13.1. The molecular formula is C33H44Si. The van der Waals surface area contributed by atoms with Gasteiger partial charge >= 0.3 is 0 Å². The summed E-state index contributed by atoms with van der Waals surface area (Å²) in [6.45, 7) is 26.3. The molecule has 0 amide bonds. The molecule has 0 radical (unpaired) electrons. The van der Waals surface area contributed by atoms with Crippen LogP contribution in [-0.4, -0.2) is 8.07 Å². The first-order valence-corrected chi connectivity index (χ1v) is 16.2. The Morgan fingerprint density at radius 2 is 1.56 bits per heavy atom. The minimum absolute atomic E-state index is 0.162. The molecule has 2 aromatic carbocycles. The van der Waals surface area contributed by atoms with E-state index in [4.69, 9.17) is 0 Å². The Morgan fingerprint density at radius 1 is 0.882 bits per heavy atom. The van der Waals surface area contributed by atoms with Crippen molar-refractivity contribution in [3.05, 3.63) is 86.6 Å². The van der Waals surface area contributed by atoms with E-state index < -0.39 is 8.07 Å². The number of benzene rings is 2. The highest BCUT2D eigenvalue weighted by atomic mass is 28.3. The molecule has 34 heavy (non-hydrogen) atoms. The molecule has 0 N–H and O–H groups in total. The standard InChI is InChI=1S/C33H44Si/c1-20(2)30-19-25(33(7,8)9)15-16-28(30)26-13-12-14-29-27(26)17-18-31(29)34(10,11)32-23(5)21(3)22(4)24(32)6/h12-20,23,31H,1-11H3. The lowest BCUT2D eigenvalue weighted by Gasteiger charge is -2.35. The summed E-state index contributed by atoms with van der Waals surface area (Å²) in [7, 11) is -1.74. The van der Waals surface area contributed by atoms with Gasteiger partial charge < -0.3 is 0 Å². The van der Waals surface area contributed by atoms with Crippen LogP contribution in [0.4, 0.5) is 0 Å². The van der Waals surface area contributed by atoms with Gasteiger partial charge in [0.25, 0.3) is 0 Å². The molecule has 0 saturated heterocycles. The number of hydrogen-bond donors (Lipinski definition) is 0. The van der Waals surface area contributed by atoms with Gasteiger partial charge in [0.1, 0.15) is 0 Å². The van der Waals surface area contributed by atoms with Crippen molar-refractivity contribution >= 4 is 14.1 Å². The summed E-state index contributed by atoms with van der Waals surface area (Å²) in [6.07, 6.45) is 4.98. The van der Waals surface area contributed by atoms with Crippen molar-refractivity contribution in [2.45, 2.75) is 92.3 Å². The molecule has 2 aliphatic rings. The van der Waals surface area contributed by atoms with Crippen molar-refractivity contribution in [3.8, 4) is 11.1 Å². The van der Waals surface area contributed by atoms with Crippen LogP contribution in [0.1, 0.15) is 96.0 Å². The predicted octanol–water partition coefficient (Wildman–Crippen LogP) is 9.97. The molecule has 0 aromatic heterocycles. The van der Waals surface area contributed by atoms with Crippen LogP contribution in [-0.2, 0) is 5.41 Å². The van der Waals surface area contributed by atoms with Crippen LogP contribution in [0.3, 0.4) is 0 Å². The van der Waals surface area contributed by atoms with Crippen LogP contribution in [0.15, 0.2) is 64.4 Å². The van der Waals surface area contributed by atoms with Gasteiger partial charge in [-0.2, -0.15) is 0 Å². The van der Waals surface area contributed by atoms with E-state index in [1.165, 1.54) is 33.4 Å². The lowest BCUT2D eigenvalue weighted by atomic mass is 9.81. The summed E-state index contributed by atoms with van der Waals surface area (Å²) < 4.78 is 0. The van der Waals surface area contributed by atoms with Gasteiger partial charge in [-0.25, -0.2) is 0 Å². The normalized spacial score (nSPS) is 20.7. The van der Waals surface area contributed by atoms with E-state index in [-0.39, 0.29) is 5.41 Å². The maximum atomic E-state index is 2.60. The molecule has 0 nitrogen and oxygen atoms in total. The van der Waals surface area contributed by atoms with E-state index >= 15 is 0 Å². The summed E-state index contributed by atoms with van der Waals surface area (Å²) in [4.78, 5) is 0. The number of fused-ring (bicyclic) bond motifs is 1. The van der Waals surface area contributed by atoms with Crippen LogP contribution in [0, 0.1) is 5.92 Å². The zero-order valence-electron chi connectivity index (χ0n) is 23.4. The van der Waals surface area contributed by atoms with E-state index in [0.717, 1.165) is 0 Å². The molecule has 2 aliphatic carbocycles. The first-order chi connectivity index (χ1) is 15.8. The second kappa shape index (κ2) is 8.52. The fourth-order valence-electron chi connectivity index (χ4n) is 6.53. The molecular weight excluding hydrogens is 424 g/mol. The lowest BCUT2D eigenvalue weighted by Crippen LogP contribution is -2.39. The van der Waals surface area contributed by atoms with Gasteiger partial charge in [-0.05, 0) is 77.0 Å². The average Bonchev–Trinajstić information content (AvgIpc) is 3.29. The smallest absolute Gasteiger partial charge is 0.0787 e. The van der Waals surface area contributed by atoms with Gasteiger partial charge in [0.2, 0.25) is 0 Å². The molecule has 2 atom stereocenters. The van der Waals surface area contributed by atoms with Crippen LogP contribution < -0.4 is 0 Å². The zero-order chi connectivity index (χ0) is 25.2. The summed E-state index contributed by atoms with van der Waals surface area (Å²) >= 11 is 0. The third kappa shape index (κ3) is 3.90. The first-order valence-electron chi connectivity index (χ1n) is 13.1. The topological polar surface area (TPSA) is 0 Å². The minimum Gasteiger partial charge on any atom is -0.0787 e. The molecule has 2 aromatic rings. The predicted molar refractivity (Wildman–Crippen MR) is 154 cm³/mol. The van der Waals surface area contributed by atoms with Crippen molar-refractivity contribution in [3.63, 3.8) is 0 Å². The fourth-order valence-corrected chi connectivity index (χ4v) is 11.0. The Hall–Kier alpha value is -2.12. The van der Waals surface area contributed by atoms with Gasteiger partial charge in [-0.3, -0.25) is 0 Å². The van der Waals surface area contributed by atoms with Crippen LogP contribution >= 0.6 is 0 Å². The van der Waals surface area contributed by atoms with E-state index in [1.54, 1.807) is 21.9 Å². The summed E-state index contributed by atoms with van der Waals surface area (Å²) in [5.74, 6) is 1.07. The molecule has 4 rings (SSSR count). The van der Waals surface area contributed by atoms with Crippen molar-refractivity contribution in [2.24, 2.45) is 5.92 Å². The SMILES string of the molecule is CC1=C(C)C(C)C([Si](C)(C)C2C=Cc3c(-c4ccc(C(C)(C)C)cc4C(C)C)cccc32)=C1C. The summed E-state index contributed by atoms with van der Waals surface area (Å²) in [6, 6.07) is 14.2. The van der Waals surface area contributed by atoms with Crippen LogP contribution in [0.25, 0.3) is 17.2 Å². The first kappa shape index (κ1) is 25.0. The number of rotatable bonds is 4. The number of allylic oxidation sites excluding steroid dienone is 5. The number of hydrogen-bond acceptors (Lipinski definition) is 0. The second-order valence-electron chi connectivity index (χ2n) is 12.6. The quantitative estimate of drug-likeness (QED) is 0.391. The largest absolute Gasteiger partial charge is 0.0880 e. The van der Waals surface area contributed by atoms with Gasteiger partial charge in [-0.15, -0.1) is 0 Å².